The molecule has 0 saturated heterocycles. The number of nitriles is 1. The Morgan fingerprint density at radius 1 is 1.14 bits per heavy atom. The Kier molecular flexibility index (Phi) is 3.73. The summed E-state index contributed by atoms with van der Waals surface area (Å²) in [6.45, 7) is 0. The van der Waals surface area contributed by atoms with E-state index in [-0.39, 0.29) is 5.56 Å². The first-order chi connectivity index (χ1) is 10.7. The number of aromatic amines is 1. The summed E-state index contributed by atoms with van der Waals surface area (Å²) >= 11 is 5.86. The molecule has 0 radical (unpaired) electrons. The molecule has 2 aromatic carbocycles. The molecule has 0 spiro atoms. The van der Waals surface area contributed by atoms with E-state index in [2.05, 4.69) is 16.3 Å². The van der Waals surface area contributed by atoms with E-state index in [1.165, 1.54) is 0 Å². The Morgan fingerprint density at radius 3 is 2.50 bits per heavy atom. The van der Waals surface area contributed by atoms with Crippen LogP contribution in [0.3, 0.4) is 0 Å². The number of nitrogens with one attached hydrogen (secondary N) is 1. The van der Waals surface area contributed by atoms with Crippen molar-refractivity contribution in [3.05, 3.63) is 75.2 Å². The highest BCUT2D eigenvalue weighted by Gasteiger charge is 2.10. The van der Waals surface area contributed by atoms with E-state index in [4.69, 9.17) is 11.6 Å². The minimum Gasteiger partial charge on any atom is -0.267 e. The maximum atomic E-state index is 11.8. The molecular weight excluding hydrogens is 298 g/mol. The van der Waals surface area contributed by atoms with Crippen molar-refractivity contribution < 1.29 is 0 Å². The minimum atomic E-state index is -0.275. The fraction of sp³-hybridized carbons (Fsp3) is 0. The normalized spacial score (nSPS) is 11.4. The van der Waals surface area contributed by atoms with Gasteiger partial charge >= 0.3 is 0 Å². The van der Waals surface area contributed by atoms with Crippen LogP contribution in [0, 0.1) is 11.3 Å². The van der Waals surface area contributed by atoms with Gasteiger partial charge in [-0.25, -0.2) is 5.10 Å². The fourth-order valence-electron chi connectivity index (χ4n) is 2.20. The lowest BCUT2D eigenvalue weighted by atomic mass is 10.0. The largest absolute Gasteiger partial charge is 0.272 e. The standard InChI is InChI=1S/C17H10ClN3O/c18-13-7-5-11(6-8-13)9-12(10-19)16-14-3-1-2-4-15(14)17(22)21-20-16/h1-9H,(H,21,22)/b12-9+. The lowest BCUT2D eigenvalue weighted by molar-refractivity contribution is 0.997. The number of fused-ring (bicyclic) bond motifs is 1. The number of H-pyrrole nitrogens is 1. The van der Waals surface area contributed by atoms with Gasteiger partial charge in [0.2, 0.25) is 0 Å². The first kappa shape index (κ1) is 14.1. The zero-order valence-electron chi connectivity index (χ0n) is 11.4. The van der Waals surface area contributed by atoms with Crippen LogP contribution in [0.4, 0.5) is 0 Å². The van der Waals surface area contributed by atoms with Gasteiger partial charge in [0.15, 0.2) is 0 Å². The number of halogens is 1. The molecule has 0 amide bonds. The Balaban J connectivity index is 2.20. The second kappa shape index (κ2) is 5.84. The van der Waals surface area contributed by atoms with Crippen LogP contribution >= 0.6 is 11.6 Å². The molecule has 3 rings (SSSR count). The van der Waals surface area contributed by atoms with Gasteiger partial charge in [-0.2, -0.15) is 10.4 Å². The second-order valence-corrected chi connectivity index (χ2v) is 5.10. The lowest BCUT2D eigenvalue weighted by Crippen LogP contribution is -2.10. The smallest absolute Gasteiger partial charge is 0.267 e. The molecule has 4 nitrogen and oxygen atoms in total. The van der Waals surface area contributed by atoms with Crippen molar-refractivity contribution in [2.45, 2.75) is 0 Å². The minimum absolute atomic E-state index is 0.275. The molecule has 0 aliphatic heterocycles. The molecule has 22 heavy (non-hydrogen) atoms. The summed E-state index contributed by atoms with van der Waals surface area (Å²) in [5.74, 6) is 0. The summed E-state index contributed by atoms with van der Waals surface area (Å²) in [6.07, 6.45) is 1.71. The summed E-state index contributed by atoms with van der Waals surface area (Å²) in [5.41, 5.74) is 1.38. The van der Waals surface area contributed by atoms with Gasteiger partial charge < -0.3 is 0 Å². The number of hydrogen-bond acceptors (Lipinski definition) is 3. The fourth-order valence-corrected chi connectivity index (χ4v) is 2.33. The van der Waals surface area contributed by atoms with Gasteiger partial charge in [0, 0.05) is 10.4 Å². The quantitative estimate of drug-likeness (QED) is 0.735. The van der Waals surface area contributed by atoms with Crippen molar-refractivity contribution in [1.29, 1.82) is 5.26 Å². The van der Waals surface area contributed by atoms with E-state index >= 15 is 0 Å². The molecule has 0 aliphatic carbocycles. The third-order valence-electron chi connectivity index (χ3n) is 3.25. The average Bonchev–Trinajstić information content (AvgIpc) is 2.55. The molecule has 1 aromatic heterocycles. The van der Waals surface area contributed by atoms with Gasteiger partial charge in [0.25, 0.3) is 5.56 Å². The number of aromatic nitrogens is 2. The van der Waals surface area contributed by atoms with Crippen molar-refractivity contribution >= 4 is 34.0 Å². The highest BCUT2D eigenvalue weighted by Crippen LogP contribution is 2.22. The van der Waals surface area contributed by atoms with Crippen molar-refractivity contribution in [2.75, 3.05) is 0 Å². The summed E-state index contributed by atoms with van der Waals surface area (Å²) in [6, 6.07) is 16.3. The van der Waals surface area contributed by atoms with Crippen LogP contribution in [-0.4, -0.2) is 10.2 Å². The maximum absolute atomic E-state index is 11.8. The van der Waals surface area contributed by atoms with E-state index < -0.39 is 0 Å². The zero-order chi connectivity index (χ0) is 15.5. The van der Waals surface area contributed by atoms with Crippen LogP contribution in [-0.2, 0) is 0 Å². The predicted molar refractivity (Wildman–Crippen MR) is 87.3 cm³/mol. The maximum Gasteiger partial charge on any atom is 0.272 e. The van der Waals surface area contributed by atoms with Gasteiger partial charge in [-0.05, 0) is 29.8 Å². The van der Waals surface area contributed by atoms with Crippen LogP contribution in [0.25, 0.3) is 22.4 Å². The van der Waals surface area contributed by atoms with Gasteiger partial charge in [-0.1, -0.05) is 41.9 Å². The van der Waals surface area contributed by atoms with Gasteiger partial charge in [0.1, 0.15) is 11.8 Å². The lowest BCUT2D eigenvalue weighted by Gasteiger charge is -2.03. The third-order valence-corrected chi connectivity index (χ3v) is 3.50. The van der Waals surface area contributed by atoms with Crippen molar-refractivity contribution in [3.8, 4) is 6.07 Å². The topological polar surface area (TPSA) is 69.5 Å². The van der Waals surface area contributed by atoms with Crippen LogP contribution in [0.2, 0.25) is 5.02 Å². The molecule has 5 heteroatoms. The first-order valence-corrected chi connectivity index (χ1v) is 6.92. The third kappa shape index (κ3) is 2.62. The summed E-state index contributed by atoms with van der Waals surface area (Å²) in [7, 11) is 0. The average molecular weight is 308 g/mol. The molecular formula is C17H10ClN3O. The zero-order valence-corrected chi connectivity index (χ0v) is 12.1. The molecule has 1 heterocycles. The first-order valence-electron chi connectivity index (χ1n) is 6.54. The van der Waals surface area contributed by atoms with Gasteiger partial charge in [-0.15, -0.1) is 0 Å². The molecule has 0 fully saturated rings. The van der Waals surface area contributed by atoms with E-state index in [9.17, 15) is 10.1 Å². The van der Waals surface area contributed by atoms with Crippen LogP contribution < -0.4 is 5.56 Å². The Morgan fingerprint density at radius 2 is 1.82 bits per heavy atom. The Bertz CT molecular complexity index is 966. The van der Waals surface area contributed by atoms with Crippen molar-refractivity contribution in [1.82, 2.24) is 10.2 Å². The van der Waals surface area contributed by atoms with E-state index in [0.29, 0.717) is 27.1 Å². The van der Waals surface area contributed by atoms with Crippen molar-refractivity contribution in [2.24, 2.45) is 0 Å². The summed E-state index contributed by atoms with van der Waals surface area (Å²) in [5, 5.41) is 17.7. The van der Waals surface area contributed by atoms with Crippen LogP contribution in [0.1, 0.15) is 11.3 Å². The number of allylic oxidation sites excluding steroid dienone is 1. The molecule has 1 N–H and O–H groups in total. The SMILES string of the molecule is N#C/C(=C\c1ccc(Cl)cc1)c1n[nH]c(=O)c2ccccc12. The predicted octanol–water partition coefficient (Wildman–Crippen LogP) is 3.64. The molecule has 106 valence electrons. The molecule has 0 saturated carbocycles. The summed E-state index contributed by atoms with van der Waals surface area (Å²) < 4.78 is 0. The number of nitrogens with zero attached hydrogens (tertiary/aromatic N) is 2. The van der Waals surface area contributed by atoms with Crippen LogP contribution in [0.5, 0.6) is 0 Å². The van der Waals surface area contributed by atoms with Gasteiger partial charge in [0.05, 0.1) is 11.0 Å². The Hall–Kier alpha value is -2.90. The highest BCUT2D eigenvalue weighted by atomic mass is 35.5. The number of rotatable bonds is 2. The molecule has 0 atom stereocenters. The van der Waals surface area contributed by atoms with Gasteiger partial charge in [-0.3, -0.25) is 4.79 Å². The van der Waals surface area contributed by atoms with Crippen LogP contribution in [0.15, 0.2) is 53.3 Å². The second-order valence-electron chi connectivity index (χ2n) is 4.67. The highest BCUT2D eigenvalue weighted by molar-refractivity contribution is 6.30. The van der Waals surface area contributed by atoms with E-state index in [1.54, 1.807) is 36.4 Å². The van der Waals surface area contributed by atoms with E-state index in [0.717, 1.165) is 5.56 Å². The van der Waals surface area contributed by atoms with E-state index in [1.807, 2.05) is 18.2 Å². The number of benzene rings is 2. The molecule has 3 aromatic rings. The summed E-state index contributed by atoms with van der Waals surface area (Å²) in [4.78, 5) is 11.8. The Labute approximate surface area is 131 Å². The molecule has 0 bridgehead atoms. The number of hydrogen-bond donors (Lipinski definition) is 1. The molecule has 0 unspecified atom stereocenters. The molecule has 0 aliphatic rings. The van der Waals surface area contributed by atoms with Crippen molar-refractivity contribution in [3.63, 3.8) is 0 Å². The monoisotopic (exact) mass is 307 g/mol.